The molecule has 1 saturated heterocycles. The Bertz CT molecular complexity index is 650. The van der Waals surface area contributed by atoms with Crippen molar-refractivity contribution in [2.45, 2.75) is 44.8 Å². The molecule has 0 aromatic heterocycles. The molecule has 6 nitrogen and oxygen atoms in total. The molecule has 2 atom stereocenters. The Balaban J connectivity index is 2.28. The van der Waals surface area contributed by atoms with E-state index in [-0.39, 0.29) is 30.2 Å². The van der Waals surface area contributed by atoms with Crippen LogP contribution in [0.4, 0.5) is 13.6 Å². The number of rotatable bonds is 3. The van der Waals surface area contributed by atoms with Gasteiger partial charge in [0, 0.05) is 36.6 Å². The number of hydrogen-bond acceptors (Lipinski definition) is 4. The SMILES string of the molecule is COc1cc(F)c(C2CC(=O)NCC2NC(=O)OC(C)(C)C)c(F)c1. The normalized spacial score (nSPS) is 20.6. The molecule has 1 aliphatic heterocycles. The van der Waals surface area contributed by atoms with Crippen LogP contribution in [0.3, 0.4) is 0 Å². The lowest BCUT2D eigenvalue weighted by atomic mass is 9.85. The van der Waals surface area contributed by atoms with Crippen LogP contribution in [0.2, 0.25) is 0 Å². The highest BCUT2D eigenvalue weighted by molar-refractivity contribution is 5.79. The number of methoxy groups -OCH3 is 1. The first-order chi connectivity index (χ1) is 11.6. The van der Waals surface area contributed by atoms with Crippen LogP contribution in [0.15, 0.2) is 12.1 Å². The van der Waals surface area contributed by atoms with Gasteiger partial charge in [0.15, 0.2) is 0 Å². The summed E-state index contributed by atoms with van der Waals surface area (Å²) in [6.07, 6.45) is -0.867. The van der Waals surface area contributed by atoms with Crippen molar-refractivity contribution in [3.8, 4) is 5.75 Å². The van der Waals surface area contributed by atoms with Gasteiger partial charge in [-0.2, -0.15) is 0 Å². The van der Waals surface area contributed by atoms with Gasteiger partial charge in [-0.15, -0.1) is 0 Å². The second-order valence-corrected chi connectivity index (χ2v) is 6.87. The van der Waals surface area contributed by atoms with Crippen molar-refractivity contribution < 1.29 is 27.8 Å². The van der Waals surface area contributed by atoms with Crippen LogP contribution >= 0.6 is 0 Å². The van der Waals surface area contributed by atoms with E-state index < -0.39 is 35.3 Å². The minimum atomic E-state index is -0.854. The minimum Gasteiger partial charge on any atom is -0.497 e. The highest BCUT2D eigenvalue weighted by Crippen LogP contribution is 2.33. The number of ether oxygens (including phenoxy) is 2. The summed E-state index contributed by atoms with van der Waals surface area (Å²) >= 11 is 0. The largest absolute Gasteiger partial charge is 0.497 e. The van der Waals surface area contributed by atoms with Crippen molar-refractivity contribution in [1.29, 1.82) is 0 Å². The second-order valence-electron chi connectivity index (χ2n) is 6.87. The molecular weight excluding hydrogens is 334 g/mol. The average Bonchev–Trinajstić information content (AvgIpc) is 2.47. The van der Waals surface area contributed by atoms with Crippen molar-refractivity contribution in [3.63, 3.8) is 0 Å². The Morgan fingerprint density at radius 3 is 2.40 bits per heavy atom. The van der Waals surface area contributed by atoms with Crippen molar-refractivity contribution in [3.05, 3.63) is 29.3 Å². The summed E-state index contributed by atoms with van der Waals surface area (Å²) in [5.41, 5.74) is -0.967. The van der Waals surface area contributed by atoms with Crippen molar-refractivity contribution in [2.75, 3.05) is 13.7 Å². The Labute approximate surface area is 144 Å². The van der Waals surface area contributed by atoms with E-state index in [1.165, 1.54) is 7.11 Å². The molecule has 1 aliphatic rings. The topological polar surface area (TPSA) is 76.7 Å². The first-order valence-electron chi connectivity index (χ1n) is 7.90. The highest BCUT2D eigenvalue weighted by Gasteiger charge is 2.36. The first-order valence-corrected chi connectivity index (χ1v) is 7.90. The number of alkyl carbamates (subject to hydrolysis) is 1. The predicted octanol–water partition coefficient (Wildman–Crippen LogP) is 2.47. The average molecular weight is 356 g/mol. The van der Waals surface area contributed by atoms with E-state index >= 15 is 0 Å². The number of nitrogens with one attached hydrogen (secondary N) is 2. The molecule has 2 amide bonds. The van der Waals surface area contributed by atoms with Gasteiger partial charge in [-0.05, 0) is 20.8 Å². The molecule has 0 radical (unpaired) electrons. The fourth-order valence-corrected chi connectivity index (χ4v) is 2.73. The number of carbonyl (C=O) groups is 2. The number of piperidine rings is 1. The lowest BCUT2D eigenvalue weighted by Crippen LogP contribution is -2.53. The number of amides is 2. The van der Waals surface area contributed by atoms with Crippen molar-refractivity contribution in [2.24, 2.45) is 0 Å². The first kappa shape index (κ1) is 19.0. The zero-order valence-electron chi connectivity index (χ0n) is 14.6. The van der Waals surface area contributed by atoms with Gasteiger partial charge in [0.2, 0.25) is 5.91 Å². The molecule has 2 unspecified atom stereocenters. The third-order valence-electron chi connectivity index (χ3n) is 3.77. The zero-order valence-corrected chi connectivity index (χ0v) is 14.6. The molecule has 1 fully saturated rings. The predicted molar refractivity (Wildman–Crippen MR) is 86.4 cm³/mol. The number of benzene rings is 1. The third-order valence-corrected chi connectivity index (χ3v) is 3.77. The quantitative estimate of drug-likeness (QED) is 0.872. The number of carbonyl (C=O) groups excluding carboxylic acids is 2. The lowest BCUT2D eigenvalue weighted by molar-refractivity contribution is -0.123. The molecule has 0 spiro atoms. The van der Waals surface area contributed by atoms with E-state index in [0.29, 0.717) is 0 Å². The maximum absolute atomic E-state index is 14.4. The van der Waals surface area contributed by atoms with Gasteiger partial charge in [0.1, 0.15) is 23.0 Å². The van der Waals surface area contributed by atoms with E-state index in [1.54, 1.807) is 20.8 Å². The summed E-state index contributed by atoms with van der Waals surface area (Å²) in [5, 5.41) is 5.17. The maximum Gasteiger partial charge on any atom is 0.407 e. The van der Waals surface area contributed by atoms with Gasteiger partial charge in [-0.1, -0.05) is 0 Å². The van der Waals surface area contributed by atoms with Crippen LogP contribution in [0.5, 0.6) is 5.75 Å². The molecule has 1 aromatic carbocycles. The molecule has 0 bridgehead atoms. The molecule has 138 valence electrons. The summed E-state index contributed by atoms with van der Waals surface area (Å²) in [5.74, 6) is -2.82. The molecule has 1 aromatic rings. The standard InChI is InChI=1S/C17H22F2N2O4/c1-17(2,3)25-16(23)21-13-8-20-14(22)7-10(13)15-11(18)5-9(24-4)6-12(15)19/h5-6,10,13H,7-8H2,1-4H3,(H,20,22)(H,21,23). The second kappa shape index (κ2) is 7.25. The van der Waals surface area contributed by atoms with Crippen LogP contribution < -0.4 is 15.4 Å². The fourth-order valence-electron chi connectivity index (χ4n) is 2.73. The van der Waals surface area contributed by atoms with E-state index in [2.05, 4.69) is 10.6 Å². The van der Waals surface area contributed by atoms with Gasteiger partial charge in [-0.3, -0.25) is 4.79 Å². The summed E-state index contributed by atoms with van der Waals surface area (Å²) in [6, 6.07) is 1.40. The van der Waals surface area contributed by atoms with E-state index in [9.17, 15) is 18.4 Å². The van der Waals surface area contributed by atoms with Gasteiger partial charge in [0.25, 0.3) is 0 Å². The molecule has 25 heavy (non-hydrogen) atoms. The molecule has 8 heteroatoms. The number of hydrogen-bond donors (Lipinski definition) is 2. The minimum absolute atomic E-state index is 0.0377. The van der Waals surface area contributed by atoms with Crippen LogP contribution in [0.1, 0.15) is 38.7 Å². The molecule has 2 N–H and O–H groups in total. The summed E-state index contributed by atoms with van der Waals surface area (Å²) in [7, 11) is 1.30. The summed E-state index contributed by atoms with van der Waals surface area (Å²) in [4.78, 5) is 23.7. The molecular formula is C17H22F2N2O4. The molecule has 0 saturated carbocycles. The van der Waals surface area contributed by atoms with E-state index in [0.717, 1.165) is 12.1 Å². The van der Waals surface area contributed by atoms with Gasteiger partial charge < -0.3 is 20.1 Å². The van der Waals surface area contributed by atoms with Crippen LogP contribution in [-0.2, 0) is 9.53 Å². The molecule has 1 heterocycles. The Kier molecular flexibility index (Phi) is 5.49. The summed E-state index contributed by atoms with van der Waals surface area (Å²) < 4.78 is 38.8. The van der Waals surface area contributed by atoms with Crippen LogP contribution in [-0.4, -0.2) is 37.3 Å². The number of halogens is 2. The summed E-state index contributed by atoms with van der Waals surface area (Å²) in [6.45, 7) is 5.16. The fraction of sp³-hybridized carbons (Fsp3) is 0.529. The van der Waals surface area contributed by atoms with Crippen LogP contribution in [0.25, 0.3) is 0 Å². The van der Waals surface area contributed by atoms with Gasteiger partial charge >= 0.3 is 6.09 Å². The lowest BCUT2D eigenvalue weighted by Gasteiger charge is -2.33. The Morgan fingerprint density at radius 2 is 1.88 bits per heavy atom. The van der Waals surface area contributed by atoms with Gasteiger partial charge in [0.05, 0.1) is 13.2 Å². The Morgan fingerprint density at radius 1 is 1.28 bits per heavy atom. The zero-order chi connectivity index (χ0) is 18.8. The van der Waals surface area contributed by atoms with Gasteiger partial charge in [-0.25, -0.2) is 13.6 Å². The smallest absolute Gasteiger partial charge is 0.407 e. The van der Waals surface area contributed by atoms with E-state index in [1.807, 2.05) is 0 Å². The van der Waals surface area contributed by atoms with E-state index in [4.69, 9.17) is 9.47 Å². The monoisotopic (exact) mass is 356 g/mol. The molecule has 0 aliphatic carbocycles. The third kappa shape index (κ3) is 4.80. The Hall–Kier alpha value is -2.38. The van der Waals surface area contributed by atoms with Crippen molar-refractivity contribution in [1.82, 2.24) is 10.6 Å². The highest BCUT2D eigenvalue weighted by atomic mass is 19.1. The maximum atomic E-state index is 14.4. The van der Waals surface area contributed by atoms with Crippen molar-refractivity contribution >= 4 is 12.0 Å². The van der Waals surface area contributed by atoms with Crippen LogP contribution in [0, 0.1) is 11.6 Å². The molecule has 2 rings (SSSR count).